The van der Waals surface area contributed by atoms with Gasteiger partial charge in [-0.25, -0.2) is 4.90 Å². The Morgan fingerprint density at radius 3 is 2.42 bits per heavy atom. The van der Waals surface area contributed by atoms with Crippen LogP contribution in [-0.4, -0.2) is 58.3 Å². The number of hydrogen-bond acceptors (Lipinski definition) is 7. The number of ketones is 1. The van der Waals surface area contributed by atoms with Gasteiger partial charge in [0.05, 0.1) is 25.7 Å². The predicted octanol–water partition coefficient (Wildman–Crippen LogP) is 0.991. The Hall–Kier alpha value is -1.67. The summed E-state index contributed by atoms with van der Waals surface area (Å²) in [4.78, 5) is 14.3. The van der Waals surface area contributed by atoms with Crippen molar-refractivity contribution >= 4 is 5.78 Å². The maximum absolute atomic E-state index is 12.7. The first-order valence-corrected chi connectivity index (χ1v) is 8.80. The van der Waals surface area contributed by atoms with E-state index < -0.39 is 23.5 Å². The summed E-state index contributed by atoms with van der Waals surface area (Å²) in [6.07, 6.45) is 0.741. The molecule has 0 amide bonds. The van der Waals surface area contributed by atoms with Gasteiger partial charge in [-0.15, -0.1) is 0 Å². The number of carbonyl (C=O) groups is 1. The largest absolute Gasteiger partial charge is 0.493 e. The van der Waals surface area contributed by atoms with Crippen molar-refractivity contribution < 1.29 is 29.6 Å². The number of fused-ring (bicyclic) bond motifs is 3. The van der Waals surface area contributed by atoms with Gasteiger partial charge in [-0.2, -0.15) is 0 Å². The van der Waals surface area contributed by atoms with E-state index in [2.05, 4.69) is 0 Å². The number of aliphatic hydroxyl groups is 3. The maximum atomic E-state index is 12.7. The molecule has 2 aliphatic heterocycles. The topological polar surface area (TPSA) is 99.5 Å². The molecule has 1 fully saturated rings. The molecule has 0 aliphatic carbocycles. The Morgan fingerprint density at radius 1 is 1.23 bits per heavy atom. The van der Waals surface area contributed by atoms with Crippen LogP contribution in [0.4, 0.5) is 0 Å². The fourth-order valence-corrected chi connectivity index (χ4v) is 4.14. The molecule has 2 heterocycles. The summed E-state index contributed by atoms with van der Waals surface area (Å²) in [6.45, 7) is 3.52. The Bertz CT molecular complexity index is 709. The lowest BCUT2D eigenvalue weighted by atomic mass is 9.76. The first kappa shape index (κ1) is 19.1. The molecule has 7 nitrogen and oxygen atoms in total. The maximum Gasteiger partial charge on any atom is 0.235 e. The molecule has 0 spiro atoms. The highest BCUT2D eigenvalue weighted by atomic mass is 16.5. The number of hydrogen-bond donors (Lipinski definition) is 3. The number of carbonyl (C=O) groups excluding carboxylic acids is 1. The van der Waals surface area contributed by atoms with Gasteiger partial charge >= 0.3 is 0 Å². The fraction of sp³-hybridized carbons (Fsp3) is 0.632. The first-order chi connectivity index (χ1) is 12.1. The molecular weight excluding hydrogens is 338 g/mol. The van der Waals surface area contributed by atoms with Gasteiger partial charge in [0.25, 0.3) is 0 Å². The lowest BCUT2D eigenvalue weighted by Crippen LogP contribution is -2.63. The van der Waals surface area contributed by atoms with E-state index in [-0.39, 0.29) is 18.6 Å². The zero-order chi connectivity index (χ0) is 19.3. The van der Waals surface area contributed by atoms with Crippen LogP contribution < -0.4 is 9.47 Å². The van der Waals surface area contributed by atoms with Crippen LogP contribution in [0.15, 0.2) is 12.1 Å². The average Bonchev–Trinajstić information content (AvgIpc) is 2.56. The molecule has 0 radical (unpaired) electrons. The van der Waals surface area contributed by atoms with Crippen LogP contribution >= 0.6 is 0 Å². The van der Waals surface area contributed by atoms with E-state index in [1.165, 1.54) is 0 Å². The number of nitrogens with zero attached hydrogens (tertiary/aromatic N) is 1. The number of methoxy groups -OCH3 is 2. The van der Waals surface area contributed by atoms with Gasteiger partial charge in [-0.1, -0.05) is 0 Å². The predicted molar refractivity (Wildman–Crippen MR) is 93.9 cm³/mol. The molecule has 0 aromatic heterocycles. The van der Waals surface area contributed by atoms with Crippen LogP contribution in [0.1, 0.15) is 43.9 Å². The van der Waals surface area contributed by atoms with E-state index in [1.807, 2.05) is 12.1 Å². The first-order valence-electron chi connectivity index (χ1n) is 8.80. The van der Waals surface area contributed by atoms with Crippen LogP contribution in [0.3, 0.4) is 0 Å². The standard InChI is InChI=1S/C19H27NO6/c1-18(2,22)10-13-15(21)9-14-12-8-17(26-4)16(25-3)7-11(12)5-6-20(14)19(13,23)24/h7-8,13-14,22-24H,5-6,9-10H2,1-4H3/t13-,14?/m1/s1. The van der Waals surface area contributed by atoms with Crippen LogP contribution in [-0.2, 0) is 11.2 Å². The van der Waals surface area contributed by atoms with E-state index in [0.29, 0.717) is 24.5 Å². The smallest absolute Gasteiger partial charge is 0.235 e. The van der Waals surface area contributed by atoms with Crippen molar-refractivity contribution in [3.63, 3.8) is 0 Å². The summed E-state index contributed by atoms with van der Waals surface area (Å²) in [6, 6.07) is 3.25. The van der Waals surface area contributed by atoms with Crippen molar-refractivity contribution in [3.05, 3.63) is 23.3 Å². The summed E-state index contributed by atoms with van der Waals surface area (Å²) in [5.74, 6) is -2.46. The Kier molecular flexibility index (Phi) is 4.77. The van der Waals surface area contributed by atoms with Gasteiger partial charge in [0, 0.05) is 19.0 Å². The SMILES string of the molecule is COc1cc2c(cc1OC)C1CC(=O)[C@@H](CC(C)(C)O)C(O)(O)N1CC2. The van der Waals surface area contributed by atoms with Crippen molar-refractivity contribution in [1.82, 2.24) is 4.90 Å². The van der Waals surface area contributed by atoms with Crippen LogP contribution in [0.2, 0.25) is 0 Å². The highest BCUT2D eigenvalue weighted by Gasteiger charge is 2.54. The second kappa shape index (κ2) is 6.49. The van der Waals surface area contributed by atoms with Gasteiger partial charge in [-0.3, -0.25) is 4.79 Å². The van der Waals surface area contributed by atoms with E-state index in [4.69, 9.17) is 9.47 Å². The molecular formula is C19H27NO6. The quantitative estimate of drug-likeness (QED) is 0.684. The van der Waals surface area contributed by atoms with Crippen LogP contribution in [0, 0.1) is 5.92 Å². The summed E-state index contributed by atoms with van der Waals surface area (Å²) >= 11 is 0. The Labute approximate surface area is 153 Å². The summed E-state index contributed by atoms with van der Waals surface area (Å²) < 4.78 is 10.7. The fourth-order valence-electron chi connectivity index (χ4n) is 4.14. The number of piperidine rings is 1. The third-order valence-corrected chi connectivity index (χ3v) is 5.38. The monoisotopic (exact) mass is 365 g/mol. The zero-order valence-corrected chi connectivity index (χ0v) is 15.7. The Balaban J connectivity index is 2.00. The molecule has 2 atom stereocenters. The molecule has 1 saturated heterocycles. The second-order valence-corrected chi connectivity index (χ2v) is 7.79. The van der Waals surface area contributed by atoms with E-state index in [1.54, 1.807) is 33.0 Å². The number of rotatable bonds is 4. The minimum absolute atomic E-state index is 0.0131. The second-order valence-electron chi connectivity index (χ2n) is 7.79. The van der Waals surface area contributed by atoms with Gasteiger partial charge < -0.3 is 24.8 Å². The van der Waals surface area contributed by atoms with Crippen LogP contribution in [0.5, 0.6) is 11.5 Å². The highest BCUT2D eigenvalue weighted by Crippen LogP contribution is 2.47. The third-order valence-electron chi connectivity index (χ3n) is 5.38. The Morgan fingerprint density at radius 2 is 1.85 bits per heavy atom. The van der Waals surface area contributed by atoms with Crippen molar-refractivity contribution in [2.45, 2.75) is 50.7 Å². The molecule has 1 aromatic carbocycles. The number of Topliss-reactive ketones (excluding diaryl/α,β-unsaturated/α-hetero) is 1. The normalized spacial score (nSPS) is 25.4. The number of benzene rings is 1. The lowest BCUT2D eigenvalue weighted by Gasteiger charge is -2.51. The highest BCUT2D eigenvalue weighted by molar-refractivity contribution is 5.84. The van der Waals surface area contributed by atoms with Gasteiger partial charge in [0.15, 0.2) is 11.5 Å². The van der Waals surface area contributed by atoms with Gasteiger partial charge in [0.1, 0.15) is 5.78 Å². The minimum atomic E-state index is -2.30. The van der Waals surface area contributed by atoms with Crippen molar-refractivity contribution in [2.24, 2.45) is 5.92 Å². The zero-order valence-electron chi connectivity index (χ0n) is 15.7. The molecule has 0 saturated carbocycles. The number of ether oxygens (including phenoxy) is 2. The molecule has 144 valence electrons. The molecule has 3 N–H and O–H groups in total. The van der Waals surface area contributed by atoms with Crippen molar-refractivity contribution in [3.8, 4) is 11.5 Å². The third kappa shape index (κ3) is 3.20. The lowest BCUT2D eigenvalue weighted by molar-refractivity contribution is -0.316. The molecule has 2 aliphatic rings. The summed E-state index contributed by atoms with van der Waals surface area (Å²) in [5.41, 5.74) is 0.679. The van der Waals surface area contributed by atoms with Crippen molar-refractivity contribution in [1.29, 1.82) is 0 Å². The molecule has 1 unspecified atom stereocenters. The molecule has 26 heavy (non-hydrogen) atoms. The average molecular weight is 365 g/mol. The van der Waals surface area contributed by atoms with Gasteiger partial charge in [0.2, 0.25) is 5.91 Å². The molecule has 3 rings (SSSR count). The van der Waals surface area contributed by atoms with E-state index in [0.717, 1.165) is 11.1 Å². The molecule has 7 heteroatoms. The van der Waals surface area contributed by atoms with Crippen molar-refractivity contribution in [2.75, 3.05) is 20.8 Å². The molecule has 0 bridgehead atoms. The minimum Gasteiger partial charge on any atom is -0.493 e. The van der Waals surface area contributed by atoms with Gasteiger partial charge in [-0.05, 0) is 49.9 Å². The summed E-state index contributed by atoms with van der Waals surface area (Å²) in [7, 11) is 3.11. The van der Waals surface area contributed by atoms with E-state index >= 15 is 0 Å². The van der Waals surface area contributed by atoms with Crippen LogP contribution in [0.25, 0.3) is 0 Å². The van der Waals surface area contributed by atoms with E-state index in [9.17, 15) is 20.1 Å². The summed E-state index contributed by atoms with van der Waals surface area (Å²) in [5, 5.41) is 31.7. The molecule has 1 aromatic rings.